The van der Waals surface area contributed by atoms with E-state index in [-0.39, 0.29) is 5.56 Å². The number of anilines is 1. The van der Waals surface area contributed by atoms with E-state index in [0.717, 1.165) is 23.7 Å². The van der Waals surface area contributed by atoms with Crippen LogP contribution in [0.15, 0.2) is 30.5 Å². The van der Waals surface area contributed by atoms with E-state index < -0.39 is 11.7 Å². The first-order valence-corrected chi connectivity index (χ1v) is 6.88. The molecule has 22 heavy (non-hydrogen) atoms. The number of pyridine rings is 1. The van der Waals surface area contributed by atoms with Crippen molar-refractivity contribution in [3.05, 3.63) is 53.1 Å². The molecular weight excluding hydrogens is 287 g/mol. The Balaban J connectivity index is 1.84. The van der Waals surface area contributed by atoms with Crippen molar-refractivity contribution in [3.8, 4) is 5.75 Å². The van der Waals surface area contributed by atoms with E-state index in [1.165, 1.54) is 19.2 Å². The van der Waals surface area contributed by atoms with Crippen molar-refractivity contribution < 1.29 is 18.7 Å². The highest BCUT2D eigenvalue weighted by Gasteiger charge is 2.16. The van der Waals surface area contributed by atoms with Crippen molar-refractivity contribution in [1.29, 1.82) is 0 Å². The number of carbonyl (C=O) groups is 1. The van der Waals surface area contributed by atoms with Gasteiger partial charge in [-0.1, -0.05) is 0 Å². The van der Waals surface area contributed by atoms with Crippen LogP contribution in [0.1, 0.15) is 21.6 Å². The molecule has 0 unspecified atom stereocenters. The Morgan fingerprint density at radius 2 is 2.27 bits per heavy atom. The molecule has 0 saturated carbocycles. The molecular formula is C16H15FN2O3. The van der Waals surface area contributed by atoms with Crippen molar-refractivity contribution in [1.82, 2.24) is 4.98 Å². The topological polar surface area (TPSA) is 60.5 Å². The second-order valence-corrected chi connectivity index (χ2v) is 4.93. The van der Waals surface area contributed by atoms with Gasteiger partial charge in [0, 0.05) is 17.7 Å². The minimum Gasteiger partial charge on any atom is -0.496 e. The Bertz CT molecular complexity index is 719. The van der Waals surface area contributed by atoms with Gasteiger partial charge >= 0.3 is 0 Å². The number of methoxy groups -OCH3 is 1. The summed E-state index contributed by atoms with van der Waals surface area (Å²) in [6.45, 7) is 1.14. The first-order chi connectivity index (χ1) is 10.7. The maximum Gasteiger partial charge on any atom is 0.259 e. The highest BCUT2D eigenvalue weighted by Crippen LogP contribution is 2.22. The van der Waals surface area contributed by atoms with Gasteiger partial charge in [0.25, 0.3) is 5.91 Å². The highest BCUT2D eigenvalue weighted by atomic mass is 19.1. The molecule has 5 nitrogen and oxygen atoms in total. The van der Waals surface area contributed by atoms with Crippen LogP contribution in [-0.4, -0.2) is 24.6 Å². The van der Waals surface area contributed by atoms with E-state index in [1.54, 1.807) is 6.20 Å². The number of nitrogens with one attached hydrogen (secondary N) is 1. The molecule has 0 spiro atoms. The van der Waals surface area contributed by atoms with Gasteiger partial charge < -0.3 is 14.8 Å². The summed E-state index contributed by atoms with van der Waals surface area (Å²) in [7, 11) is 1.43. The Labute approximate surface area is 127 Å². The fraction of sp³-hybridized carbons (Fsp3) is 0.250. The monoisotopic (exact) mass is 302 g/mol. The van der Waals surface area contributed by atoms with E-state index in [0.29, 0.717) is 24.7 Å². The molecule has 0 saturated heterocycles. The number of carbonyl (C=O) groups excluding carboxylic acids is 1. The van der Waals surface area contributed by atoms with Gasteiger partial charge in [0.15, 0.2) is 0 Å². The molecule has 1 aliphatic heterocycles. The van der Waals surface area contributed by atoms with Gasteiger partial charge in [0.05, 0.1) is 37.8 Å². The summed E-state index contributed by atoms with van der Waals surface area (Å²) in [5, 5.41) is 2.71. The smallest absolute Gasteiger partial charge is 0.259 e. The van der Waals surface area contributed by atoms with Crippen LogP contribution in [0.4, 0.5) is 10.1 Å². The summed E-state index contributed by atoms with van der Waals surface area (Å²) >= 11 is 0. The van der Waals surface area contributed by atoms with Gasteiger partial charge in [0.2, 0.25) is 0 Å². The summed E-state index contributed by atoms with van der Waals surface area (Å²) < 4.78 is 23.8. The van der Waals surface area contributed by atoms with Crippen molar-refractivity contribution >= 4 is 11.6 Å². The fourth-order valence-electron chi connectivity index (χ4n) is 2.36. The standard InChI is InChI=1S/C16H15FN2O3/c1-21-15-3-2-11(17)7-13(15)16(20)19-12-6-10-9-22-5-4-14(10)18-8-12/h2-3,6-8H,4-5,9H2,1H3,(H,19,20). The normalized spacial score (nSPS) is 13.4. The summed E-state index contributed by atoms with van der Waals surface area (Å²) in [5.41, 5.74) is 2.61. The van der Waals surface area contributed by atoms with Crippen molar-refractivity contribution in [2.45, 2.75) is 13.0 Å². The van der Waals surface area contributed by atoms with E-state index in [9.17, 15) is 9.18 Å². The van der Waals surface area contributed by atoms with E-state index in [4.69, 9.17) is 9.47 Å². The van der Waals surface area contributed by atoms with Gasteiger partial charge in [-0.25, -0.2) is 4.39 Å². The molecule has 6 heteroatoms. The van der Waals surface area contributed by atoms with Gasteiger partial charge in [-0.15, -0.1) is 0 Å². The first-order valence-electron chi connectivity index (χ1n) is 6.88. The largest absolute Gasteiger partial charge is 0.496 e. The number of hydrogen-bond donors (Lipinski definition) is 1. The molecule has 1 aromatic heterocycles. The lowest BCUT2D eigenvalue weighted by molar-refractivity contribution is 0.102. The van der Waals surface area contributed by atoms with E-state index in [1.807, 2.05) is 6.07 Å². The first kappa shape index (κ1) is 14.5. The van der Waals surface area contributed by atoms with Crippen LogP contribution in [0.5, 0.6) is 5.75 Å². The number of aromatic nitrogens is 1. The molecule has 1 aliphatic rings. The van der Waals surface area contributed by atoms with Crippen LogP contribution in [0.25, 0.3) is 0 Å². The van der Waals surface area contributed by atoms with Crippen LogP contribution >= 0.6 is 0 Å². The second-order valence-electron chi connectivity index (χ2n) is 4.93. The Hall–Kier alpha value is -2.47. The summed E-state index contributed by atoms with van der Waals surface area (Å²) in [4.78, 5) is 16.6. The van der Waals surface area contributed by atoms with E-state index in [2.05, 4.69) is 10.3 Å². The zero-order valence-electron chi connectivity index (χ0n) is 12.1. The van der Waals surface area contributed by atoms with Crippen LogP contribution < -0.4 is 10.1 Å². The number of amides is 1. The lowest BCUT2D eigenvalue weighted by atomic mass is 10.1. The van der Waals surface area contributed by atoms with Gasteiger partial charge in [0.1, 0.15) is 11.6 Å². The maximum absolute atomic E-state index is 13.3. The fourth-order valence-corrected chi connectivity index (χ4v) is 2.36. The van der Waals surface area contributed by atoms with Crippen LogP contribution in [0.2, 0.25) is 0 Å². The summed E-state index contributed by atoms with van der Waals surface area (Å²) in [5.74, 6) is -0.633. The lowest BCUT2D eigenvalue weighted by Crippen LogP contribution is -2.16. The third-order valence-corrected chi connectivity index (χ3v) is 3.46. The molecule has 1 N–H and O–H groups in total. The lowest BCUT2D eigenvalue weighted by Gasteiger charge is -2.16. The number of fused-ring (bicyclic) bond motifs is 1. The Morgan fingerprint density at radius 3 is 3.09 bits per heavy atom. The third kappa shape index (κ3) is 2.92. The molecule has 114 valence electrons. The maximum atomic E-state index is 13.3. The number of nitrogens with zero attached hydrogens (tertiary/aromatic N) is 1. The molecule has 3 rings (SSSR count). The molecule has 0 atom stereocenters. The highest BCUT2D eigenvalue weighted by molar-refractivity contribution is 6.06. The number of benzene rings is 1. The zero-order chi connectivity index (χ0) is 15.5. The average molecular weight is 302 g/mol. The van der Waals surface area contributed by atoms with Crippen molar-refractivity contribution in [3.63, 3.8) is 0 Å². The SMILES string of the molecule is COc1ccc(F)cc1C(=O)Nc1cnc2c(c1)COCC2. The molecule has 0 bridgehead atoms. The number of halogens is 1. The molecule has 1 amide bonds. The van der Waals surface area contributed by atoms with Gasteiger partial charge in [-0.2, -0.15) is 0 Å². The summed E-state index contributed by atoms with van der Waals surface area (Å²) in [6.07, 6.45) is 2.36. The molecule has 1 aromatic carbocycles. The predicted molar refractivity (Wildman–Crippen MR) is 78.5 cm³/mol. The quantitative estimate of drug-likeness (QED) is 0.946. The van der Waals surface area contributed by atoms with Crippen LogP contribution in [0, 0.1) is 5.82 Å². The minimum absolute atomic E-state index is 0.136. The number of rotatable bonds is 3. The molecule has 0 fully saturated rings. The van der Waals surface area contributed by atoms with Crippen LogP contribution in [0.3, 0.4) is 0 Å². The second kappa shape index (κ2) is 6.11. The minimum atomic E-state index is -0.497. The molecule has 0 radical (unpaired) electrons. The number of ether oxygens (including phenoxy) is 2. The summed E-state index contributed by atoms with van der Waals surface area (Å²) in [6, 6.07) is 5.63. The third-order valence-electron chi connectivity index (χ3n) is 3.46. The van der Waals surface area contributed by atoms with Crippen molar-refractivity contribution in [2.75, 3.05) is 19.0 Å². The zero-order valence-corrected chi connectivity index (χ0v) is 12.1. The molecule has 0 aliphatic carbocycles. The molecule has 2 aromatic rings. The number of hydrogen-bond acceptors (Lipinski definition) is 4. The Kier molecular flexibility index (Phi) is 4.02. The predicted octanol–water partition coefficient (Wildman–Crippen LogP) is 2.55. The molecule has 2 heterocycles. The van der Waals surface area contributed by atoms with E-state index >= 15 is 0 Å². The van der Waals surface area contributed by atoms with Gasteiger partial charge in [-0.3, -0.25) is 9.78 Å². The van der Waals surface area contributed by atoms with Crippen LogP contribution in [-0.2, 0) is 17.8 Å². The average Bonchev–Trinajstić information content (AvgIpc) is 2.54. The van der Waals surface area contributed by atoms with Gasteiger partial charge in [-0.05, 0) is 24.3 Å². The Morgan fingerprint density at radius 1 is 1.41 bits per heavy atom. The van der Waals surface area contributed by atoms with Crippen molar-refractivity contribution in [2.24, 2.45) is 0 Å².